The minimum atomic E-state index is -4.77. The zero-order valence-corrected chi connectivity index (χ0v) is 22.1. The Kier molecular flexibility index (Phi) is 6.83. The Morgan fingerprint density at radius 1 is 1.05 bits per heavy atom. The number of thiophene rings is 1. The number of benzene rings is 2. The number of anilines is 1. The number of hydrogen-bond donors (Lipinski definition) is 1. The molecule has 0 radical (unpaired) electrons. The van der Waals surface area contributed by atoms with Gasteiger partial charge in [-0.15, -0.1) is 11.3 Å². The van der Waals surface area contributed by atoms with Crippen molar-refractivity contribution in [2.24, 2.45) is 0 Å². The van der Waals surface area contributed by atoms with Gasteiger partial charge in [-0.05, 0) is 53.9 Å². The van der Waals surface area contributed by atoms with Crippen molar-refractivity contribution in [3.8, 4) is 16.3 Å². The lowest BCUT2D eigenvalue weighted by atomic mass is 10.2. The van der Waals surface area contributed by atoms with Crippen molar-refractivity contribution < 1.29 is 31.1 Å². The van der Waals surface area contributed by atoms with E-state index in [1.165, 1.54) is 60.9 Å². The first-order valence-electron chi connectivity index (χ1n) is 11.0. The lowest BCUT2D eigenvalue weighted by Crippen LogP contribution is -2.16. The van der Waals surface area contributed by atoms with Crippen LogP contribution in [0.5, 0.6) is 5.75 Å². The lowest BCUT2D eigenvalue weighted by Gasteiger charge is -2.11. The topological polar surface area (TPSA) is 103 Å². The van der Waals surface area contributed by atoms with E-state index in [0.29, 0.717) is 14.4 Å². The van der Waals surface area contributed by atoms with Gasteiger partial charge in [0, 0.05) is 22.8 Å². The molecule has 0 atom stereocenters. The zero-order valence-electron chi connectivity index (χ0n) is 19.7. The number of nitrogens with one attached hydrogen (secondary N) is 1. The van der Waals surface area contributed by atoms with Crippen LogP contribution in [0.1, 0.15) is 16.2 Å². The van der Waals surface area contributed by atoms with Gasteiger partial charge in [-0.2, -0.15) is 18.3 Å². The molecule has 1 N–H and O–H groups in total. The Labute approximate surface area is 228 Å². The second-order valence-electron chi connectivity index (χ2n) is 8.11. The number of methoxy groups -OCH3 is 1. The first-order valence-corrected chi connectivity index (χ1v) is 13.7. The summed E-state index contributed by atoms with van der Waals surface area (Å²) in [5.74, 6) is -0.758. The molecular weight excluding hydrogens is 577 g/mol. The fourth-order valence-corrected chi connectivity index (χ4v) is 5.83. The SMILES string of the molecule is COc1cc(NC(=O)c2cc3nc(-c4cccs4)cc(C(F)(F)F)n3n2)cc(S(=O)(=O)c2ccc(Cl)cc2)c1. The Balaban J connectivity index is 1.52. The van der Waals surface area contributed by atoms with Gasteiger partial charge < -0.3 is 10.1 Å². The van der Waals surface area contributed by atoms with Crippen LogP contribution in [0.15, 0.2) is 81.9 Å². The molecule has 3 aromatic heterocycles. The molecule has 5 aromatic rings. The fourth-order valence-electron chi connectivity index (χ4n) is 3.70. The maximum absolute atomic E-state index is 13.8. The number of halogens is 4. The summed E-state index contributed by atoms with van der Waals surface area (Å²) in [4.78, 5) is 17.6. The molecule has 0 saturated carbocycles. The summed E-state index contributed by atoms with van der Waals surface area (Å²) in [5, 5.41) is 8.37. The maximum atomic E-state index is 13.8. The molecule has 200 valence electrons. The van der Waals surface area contributed by atoms with Gasteiger partial charge in [0.25, 0.3) is 5.91 Å². The molecule has 2 aromatic carbocycles. The van der Waals surface area contributed by atoms with E-state index in [-0.39, 0.29) is 38.3 Å². The third-order valence-corrected chi connectivity index (χ3v) is 8.43. The Morgan fingerprint density at radius 2 is 1.79 bits per heavy atom. The van der Waals surface area contributed by atoms with E-state index in [1.54, 1.807) is 17.5 Å². The number of amides is 1. The highest BCUT2D eigenvalue weighted by Crippen LogP contribution is 2.34. The summed E-state index contributed by atoms with van der Waals surface area (Å²) in [7, 11) is -2.71. The lowest BCUT2D eigenvalue weighted by molar-refractivity contribution is -0.142. The van der Waals surface area contributed by atoms with Gasteiger partial charge in [0.1, 0.15) is 5.75 Å². The molecular formula is C25H16ClF3N4O4S2. The summed E-state index contributed by atoms with van der Waals surface area (Å²) in [5.41, 5.74) is -1.54. The van der Waals surface area contributed by atoms with Crippen LogP contribution in [-0.2, 0) is 16.0 Å². The highest BCUT2D eigenvalue weighted by atomic mass is 35.5. The zero-order chi connectivity index (χ0) is 27.9. The minimum absolute atomic E-state index is 0.0206. The molecule has 0 spiro atoms. The summed E-state index contributed by atoms with van der Waals surface area (Å²) in [6, 6.07) is 14.7. The number of alkyl halides is 3. The maximum Gasteiger partial charge on any atom is 0.433 e. The Morgan fingerprint density at radius 3 is 2.44 bits per heavy atom. The highest BCUT2D eigenvalue weighted by molar-refractivity contribution is 7.91. The number of ether oxygens (including phenoxy) is 1. The third-order valence-electron chi connectivity index (χ3n) is 5.53. The number of carbonyl (C=O) groups is 1. The second-order valence-corrected chi connectivity index (χ2v) is 11.4. The predicted octanol–water partition coefficient (Wildman–Crippen LogP) is 6.22. The monoisotopic (exact) mass is 592 g/mol. The standard InChI is InChI=1S/C25H16ClF3N4O4S2/c1-37-16-9-15(10-18(11-16)39(35,36)17-6-4-14(26)5-7-17)30-24(34)20-13-23-31-19(21-3-2-8-38-21)12-22(25(27,28)29)33(23)32-20/h2-13H,1H3,(H,30,34). The summed E-state index contributed by atoms with van der Waals surface area (Å²) >= 11 is 7.08. The number of nitrogens with zero attached hydrogens (tertiary/aromatic N) is 3. The molecule has 0 aliphatic heterocycles. The average Bonchev–Trinajstić information content (AvgIpc) is 3.58. The number of fused-ring (bicyclic) bond motifs is 1. The van der Waals surface area contributed by atoms with Gasteiger partial charge in [0.2, 0.25) is 9.84 Å². The van der Waals surface area contributed by atoms with E-state index in [9.17, 15) is 26.4 Å². The van der Waals surface area contributed by atoms with Crippen LogP contribution < -0.4 is 10.1 Å². The van der Waals surface area contributed by atoms with E-state index in [0.717, 1.165) is 12.1 Å². The normalized spacial score (nSPS) is 12.0. The Hall–Kier alpha value is -3.94. The molecule has 0 aliphatic rings. The second kappa shape index (κ2) is 9.98. The molecule has 3 heterocycles. The first kappa shape index (κ1) is 26.7. The molecule has 8 nitrogen and oxygen atoms in total. The van der Waals surface area contributed by atoms with E-state index in [2.05, 4.69) is 15.4 Å². The van der Waals surface area contributed by atoms with E-state index < -0.39 is 27.6 Å². The molecule has 1 amide bonds. The molecule has 0 bridgehead atoms. The van der Waals surface area contributed by atoms with Crippen molar-refractivity contribution in [1.82, 2.24) is 14.6 Å². The van der Waals surface area contributed by atoms with E-state index >= 15 is 0 Å². The smallest absolute Gasteiger partial charge is 0.433 e. The average molecular weight is 593 g/mol. The predicted molar refractivity (Wildman–Crippen MR) is 139 cm³/mol. The van der Waals surface area contributed by atoms with Crippen LogP contribution in [-0.4, -0.2) is 36.0 Å². The van der Waals surface area contributed by atoms with Crippen LogP contribution in [0.3, 0.4) is 0 Å². The van der Waals surface area contributed by atoms with E-state index in [4.69, 9.17) is 16.3 Å². The van der Waals surface area contributed by atoms with Gasteiger partial charge in [0.15, 0.2) is 17.0 Å². The quantitative estimate of drug-likeness (QED) is 0.251. The number of hydrogen-bond acceptors (Lipinski definition) is 7. The van der Waals surface area contributed by atoms with Crippen molar-refractivity contribution in [2.75, 3.05) is 12.4 Å². The summed E-state index contributed by atoms with van der Waals surface area (Å²) in [6.45, 7) is 0. The highest BCUT2D eigenvalue weighted by Gasteiger charge is 2.36. The van der Waals surface area contributed by atoms with Crippen LogP contribution in [0.4, 0.5) is 18.9 Å². The molecule has 0 unspecified atom stereocenters. The number of carbonyl (C=O) groups excluding carboxylic acids is 1. The van der Waals surface area contributed by atoms with Crippen molar-refractivity contribution in [1.29, 1.82) is 0 Å². The van der Waals surface area contributed by atoms with Crippen LogP contribution >= 0.6 is 22.9 Å². The number of aromatic nitrogens is 3. The first-order chi connectivity index (χ1) is 18.5. The largest absolute Gasteiger partial charge is 0.497 e. The number of sulfone groups is 1. The van der Waals surface area contributed by atoms with Crippen LogP contribution in [0, 0.1) is 0 Å². The molecule has 0 saturated heterocycles. The van der Waals surface area contributed by atoms with Crippen molar-refractivity contribution >= 4 is 50.0 Å². The van der Waals surface area contributed by atoms with Crippen molar-refractivity contribution in [2.45, 2.75) is 16.0 Å². The van der Waals surface area contributed by atoms with Crippen molar-refractivity contribution in [3.63, 3.8) is 0 Å². The van der Waals surface area contributed by atoms with Crippen LogP contribution in [0.25, 0.3) is 16.2 Å². The minimum Gasteiger partial charge on any atom is -0.497 e. The third kappa shape index (κ3) is 5.33. The summed E-state index contributed by atoms with van der Waals surface area (Å²) in [6.07, 6.45) is -4.77. The van der Waals surface area contributed by atoms with Gasteiger partial charge >= 0.3 is 6.18 Å². The Bertz CT molecular complexity index is 1800. The van der Waals surface area contributed by atoms with Gasteiger partial charge in [-0.1, -0.05) is 17.7 Å². The number of rotatable bonds is 6. The van der Waals surface area contributed by atoms with E-state index in [1.807, 2.05) is 0 Å². The molecule has 0 fully saturated rings. The summed E-state index contributed by atoms with van der Waals surface area (Å²) < 4.78 is 73.6. The molecule has 5 rings (SSSR count). The van der Waals surface area contributed by atoms with Crippen molar-refractivity contribution in [3.05, 3.63) is 88.5 Å². The van der Waals surface area contributed by atoms with Gasteiger partial charge in [-0.25, -0.2) is 17.9 Å². The molecule has 0 aliphatic carbocycles. The molecule has 14 heteroatoms. The van der Waals surface area contributed by atoms with Gasteiger partial charge in [-0.3, -0.25) is 4.79 Å². The fraction of sp³-hybridized carbons (Fsp3) is 0.0800. The van der Waals surface area contributed by atoms with Gasteiger partial charge in [0.05, 0.1) is 27.5 Å². The van der Waals surface area contributed by atoms with Crippen LogP contribution in [0.2, 0.25) is 5.02 Å². The molecule has 39 heavy (non-hydrogen) atoms.